The van der Waals surface area contributed by atoms with E-state index in [-0.39, 0.29) is 5.91 Å². The Hall–Kier alpha value is -3.08. The number of nitrogens with zero attached hydrogens (tertiary/aromatic N) is 3. The summed E-state index contributed by atoms with van der Waals surface area (Å²) in [6, 6.07) is 12.5. The number of carbonyl (C=O) groups excluding carboxylic acids is 1. The fourth-order valence-corrected chi connectivity index (χ4v) is 3.20. The largest absolute Gasteiger partial charge is 0.377 e. The summed E-state index contributed by atoms with van der Waals surface area (Å²) in [7, 11) is 5.82. The van der Waals surface area contributed by atoms with Crippen LogP contribution in [0.4, 0.5) is 5.69 Å². The van der Waals surface area contributed by atoms with Gasteiger partial charge < -0.3 is 14.8 Å². The minimum atomic E-state index is -0.000776. The Bertz CT molecular complexity index is 928. The van der Waals surface area contributed by atoms with Gasteiger partial charge in [-0.3, -0.25) is 4.79 Å². The van der Waals surface area contributed by atoms with E-state index in [1.807, 2.05) is 34.1 Å². The first-order valence-electron chi connectivity index (χ1n) is 8.98. The molecule has 0 saturated carbocycles. The summed E-state index contributed by atoms with van der Waals surface area (Å²) in [6.45, 7) is 4.57. The van der Waals surface area contributed by atoms with Crippen LogP contribution < -0.4 is 4.90 Å². The van der Waals surface area contributed by atoms with Crippen LogP contribution in [0.3, 0.4) is 0 Å². The van der Waals surface area contributed by atoms with Crippen LogP contribution in [-0.4, -0.2) is 41.9 Å². The van der Waals surface area contributed by atoms with E-state index in [1.165, 1.54) is 5.56 Å². The number of benzene rings is 2. The molecule has 5 nitrogen and oxygen atoms in total. The van der Waals surface area contributed by atoms with E-state index in [0.29, 0.717) is 6.54 Å². The minimum Gasteiger partial charge on any atom is -0.377 e. The monoisotopic (exact) mass is 362 g/mol. The van der Waals surface area contributed by atoms with Crippen molar-refractivity contribution in [1.82, 2.24) is 14.9 Å². The molecule has 1 amide bonds. The van der Waals surface area contributed by atoms with Crippen molar-refractivity contribution in [3.05, 3.63) is 71.3 Å². The molecule has 0 aliphatic rings. The summed E-state index contributed by atoms with van der Waals surface area (Å²) in [5, 5.41) is 0. The molecule has 3 aromatic rings. The highest BCUT2D eigenvalue weighted by molar-refractivity contribution is 5.98. The topological polar surface area (TPSA) is 52.2 Å². The molecule has 1 aromatic heterocycles. The fourth-order valence-electron chi connectivity index (χ4n) is 3.20. The molecule has 2 aromatic carbocycles. The normalized spacial score (nSPS) is 10.7. The standard InChI is InChI=1S/C22H26N4O/c1-15-6-8-17(9-7-15)18-10-20(16(2)21(11-18)25(3)4)22(27)26(5)13-19-12-23-14-24-19/h6-12,14H,13H2,1-5H3,(H,23,24). The smallest absolute Gasteiger partial charge is 0.254 e. The van der Waals surface area contributed by atoms with Crippen LogP contribution in [0.1, 0.15) is 27.2 Å². The Balaban J connectivity index is 2.02. The zero-order valence-corrected chi connectivity index (χ0v) is 16.6. The molecule has 140 valence electrons. The number of nitrogens with one attached hydrogen (secondary N) is 1. The number of aryl methyl sites for hydroxylation is 1. The fraction of sp³-hybridized carbons (Fsp3) is 0.273. The molecule has 0 spiro atoms. The number of carbonyl (C=O) groups is 1. The van der Waals surface area contributed by atoms with Gasteiger partial charge in [-0.05, 0) is 42.7 Å². The number of anilines is 1. The third-order valence-corrected chi connectivity index (χ3v) is 4.79. The van der Waals surface area contributed by atoms with Crippen LogP contribution in [0.15, 0.2) is 48.9 Å². The average Bonchev–Trinajstić information content (AvgIpc) is 3.14. The molecular weight excluding hydrogens is 336 g/mol. The van der Waals surface area contributed by atoms with Crippen molar-refractivity contribution in [3.8, 4) is 11.1 Å². The third kappa shape index (κ3) is 4.03. The van der Waals surface area contributed by atoms with Gasteiger partial charge in [-0.25, -0.2) is 4.98 Å². The third-order valence-electron chi connectivity index (χ3n) is 4.79. The van der Waals surface area contributed by atoms with Gasteiger partial charge in [0.2, 0.25) is 0 Å². The zero-order chi connectivity index (χ0) is 19.6. The van der Waals surface area contributed by atoms with E-state index in [2.05, 4.69) is 52.1 Å². The quantitative estimate of drug-likeness (QED) is 0.745. The van der Waals surface area contributed by atoms with Crippen LogP contribution in [-0.2, 0) is 6.54 Å². The Morgan fingerprint density at radius 3 is 2.33 bits per heavy atom. The van der Waals surface area contributed by atoms with Crippen LogP contribution in [0.5, 0.6) is 0 Å². The molecule has 0 bridgehead atoms. The Labute approximate surface area is 160 Å². The summed E-state index contributed by atoms with van der Waals surface area (Å²) in [6.07, 6.45) is 3.37. The number of amides is 1. The van der Waals surface area contributed by atoms with Crippen LogP contribution in [0.2, 0.25) is 0 Å². The molecule has 0 radical (unpaired) electrons. The SMILES string of the molecule is Cc1ccc(-c2cc(C(=O)N(C)Cc3cnc[nH]3)c(C)c(N(C)C)c2)cc1. The molecule has 0 aliphatic carbocycles. The highest BCUT2D eigenvalue weighted by Crippen LogP contribution is 2.31. The lowest BCUT2D eigenvalue weighted by molar-refractivity contribution is 0.0783. The van der Waals surface area contributed by atoms with Crippen LogP contribution >= 0.6 is 0 Å². The number of hydrogen-bond donors (Lipinski definition) is 1. The second-order valence-electron chi connectivity index (χ2n) is 7.17. The summed E-state index contributed by atoms with van der Waals surface area (Å²) in [4.78, 5) is 24.0. The Kier molecular flexibility index (Phi) is 5.31. The number of H-pyrrole nitrogens is 1. The van der Waals surface area contributed by atoms with Gasteiger partial charge in [-0.1, -0.05) is 29.8 Å². The highest BCUT2D eigenvalue weighted by Gasteiger charge is 2.19. The maximum atomic E-state index is 13.2. The molecular formula is C22H26N4O. The Morgan fingerprint density at radius 2 is 1.74 bits per heavy atom. The molecule has 1 heterocycles. The number of hydrogen-bond acceptors (Lipinski definition) is 3. The lowest BCUT2D eigenvalue weighted by Gasteiger charge is -2.23. The highest BCUT2D eigenvalue weighted by atomic mass is 16.2. The molecule has 0 fully saturated rings. The van der Waals surface area contributed by atoms with Crippen molar-refractivity contribution in [3.63, 3.8) is 0 Å². The van der Waals surface area contributed by atoms with Crippen LogP contribution in [0.25, 0.3) is 11.1 Å². The summed E-state index contributed by atoms with van der Waals surface area (Å²) in [5.41, 5.74) is 7.03. The van der Waals surface area contributed by atoms with Crippen molar-refractivity contribution < 1.29 is 4.79 Å². The van der Waals surface area contributed by atoms with Crippen molar-refractivity contribution in [2.75, 3.05) is 26.0 Å². The minimum absolute atomic E-state index is 0.000776. The summed E-state index contributed by atoms with van der Waals surface area (Å²) < 4.78 is 0. The van der Waals surface area contributed by atoms with Gasteiger partial charge in [0, 0.05) is 38.6 Å². The van der Waals surface area contributed by atoms with Gasteiger partial charge in [-0.15, -0.1) is 0 Å². The van der Waals surface area contributed by atoms with Gasteiger partial charge in [0.15, 0.2) is 0 Å². The first-order valence-corrected chi connectivity index (χ1v) is 8.98. The van der Waals surface area contributed by atoms with Crippen molar-refractivity contribution in [2.24, 2.45) is 0 Å². The zero-order valence-electron chi connectivity index (χ0n) is 16.6. The van der Waals surface area contributed by atoms with Crippen molar-refractivity contribution in [1.29, 1.82) is 0 Å². The predicted molar refractivity (Wildman–Crippen MR) is 110 cm³/mol. The van der Waals surface area contributed by atoms with Gasteiger partial charge in [0.1, 0.15) is 0 Å². The van der Waals surface area contributed by atoms with Gasteiger partial charge in [0.25, 0.3) is 5.91 Å². The van der Waals surface area contributed by atoms with Gasteiger partial charge >= 0.3 is 0 Å². The molecule has 5 heteroatoms. The molecule has 0 atom stereocenters. The number of aromatic nitrogens is 2. The molecule has 0 aliphatic heterocycles. The number of rotatable bonds is 5. The van der Waals surface area contributed by atoms with Crippen molar-refractivity contribution >= 4 is 11.6 Å². The summed E-state index contributed by atoms with van der Waals surface area (Å²) in [5.74, 6) is -0.000776. The first kappa shape index (κ1) is 18.7. The maximum Gasteiger partial charge on any atom is 0.254 e. The van der Waals surface area contributed by atoms with Crippen LogP contribution in [0, 0.1) is 13.8 Å². The van der Waals surface area contributed by atoms with E-state index >= 15 is 0 Å². The lowest BCUT2D eigenvalue weighted by Crippen LogP contribution is -2.27. The lowest BCUT2D eigenvalue weighted by atomic mass is 9.96. The maximum absolute atomic E-state index is 13.2. The predicted octanol–water partition coefficient (Wildman–Crippen LogP) is 4.03. The van der Waals surface area contributed by atoms with Gasteiger partial charge in [-0.2, -0.15) is 0 Å². The molecule has 27 heavy (non-hydrogen) atoms. The Morgan fingerprint density at radius 1 is 1.04 bits per heavy atom. The molecule has 1 N–H and O–H groups in total. The number of imidazole rings is 1. The first-order chi connectivity index (χ1) is 12.9. The van der Waals surface area contributed by atoms with E-state index in [9.17, 15) is 4.79 Å². The van der Waals surface area contributed by atoms with Gasteiger partial charge in [0.05, 0.1) is 18.6 Å². The second-order valence-corrected chi connectivity index (χ2v) is 7.17. The van der Waals surface area contributed by atoms with E-state index < -0.39 is 0 Å². The van der Waals surface area contributed by atoms with E-state index in [1.54, 1.807) is 17.4 Å². The summed E-state index contributed by atoms with van der Waals surface area (Å²) >= 11 is 0. The van der Waals surface area contributed by atoms with E-state index in [0.717, 1.165) is 33.6 Å². The molecule has 3 rings (SSSR count). The van der Waals surface area contributed by atoms with Crippen molar-refractivity contribution in [2.45, 2.75) is 20.4 Å². The van der Waals surface area contributed by atoms with E-state index in [4.69, 9.17) is 0 Å². The number of aromatic amines is 1. The molecule has 0 unspecified atom stereocenters. The second kappa shape index (κ2) is 7.66. The average molecular weight is 362 g/mol. The molecule has 0 saturated heterocycles.